The minimum atomic E-state index is 0.768. The van der Waals surface area contributed by atoms with Gasteiger partial charge in [-0.25, -0.2) is 0 Å². The van der Waals surface area contributed by atoms with Crippen molar-refractivity contribution in [2.75, 3.05) is 0 Å². The molecular formula is C12H11BrN2O. The summed E-state index contributed by atoms with van der Waals surface area (Å²) in [5, 5.41) is 13.6. The Labute approximate surface area is 101 Å². The van der Waals surface area contributed by atoms with Crippen molar-refractivity contribution >= 4 is 32.5 Å². The summed E-state index contributed by atoms with van der Waals surface area (Å²) in [4.78, 5) is 3.35. The van der Waals surface area contributed by atoms with Crippen LogP contribution in [0.2, 0.25) is 0 Å². The molecule has 3 rings (SSSR count). The van der Waals surface area contributed by atoms with Gasteiger partial charge in [0, 0.05) is 9.86 Å². The Morgan fingerprint density at radius 1 is 1.31 bits per heavy atom. The lowest BCUT2D eigenvalue weighted by molar-refractivity contribution is 0.317. The van der Waals surface area contributed by atoms with E-state index in [0.717, 1.165) is 40.7 Å². The number of H-pyrrole nitrogens is 1. The number of para-hydroxylation sites is 1. The van der Waals surface area contributed by atoms with Crippen LogP contribution in [0.3, 0.4) is 0 Å². The topological polar surface area (TPSA) is 48.4 Å². The van der Waals surface area contributed by atoms with Gasteiger partial charge < -0.3 is 10.2 Å². The largest absolute Gasteiger partial charge is 0.411 e. The molecule has 1 aromatic carbocycles. The van der Waals surface area contributed by atoms with E-state index in [-0.39, 0.29) is 0 Å². The maximum Gasteiger partial charge on any atom is 0.103 e. The van der Waals surface area contributed by atoms with Crippen LogP contribution in [0.5, 0.6) is 0 Å². The van der Waals surface area contributed by atoms with Gasteiger partial charge in [0.15, 0.2) is 0 Å². The highest BCUT2D eigenvalue weighted by atomic mass is 79.9. The van der Waals surface area contributed by atoms with Crippen LogP contribution in [0, 0.1) is 0 Å². The summed E-state index contributed by atoms with van der Waals surface area (Å²) >= 11 is 3.53. The van der Waals surface area contributed by atoms with Gasteiger partial charge in [0.2, 0.25) is 0 Å². The zero-order valence-electron chi connectivity index (χ0n) is 8.63. The highest BCUT2D eigenvalue weighted by molar-refractivity contribution is 9.10. The lowest BCUT2D eigenvalue weighted by atomic mass is 9.94. The van der Waals surface area contributed by atoms with Crippen LogP contribution in [-0.2, 0) is 6.42 Å². The Bertz CT molecular complexity index is 586. The van der Waals surface area contributed by atoms with Crippen LogP contribution < -0.4 is 0 Å². The molecule has 0 radical (unpaired) electrons. The fraction of sp³-hybridized carbons (Fsp3) is 0.250. The number of nitrogens with zero attached hydrogens (tertiary/aromatic N) is 1. The van der Waals surface area contributed by atoms with Crippen molar-refractivity contribution in [2.24, 2.45) is 5.16 Å². The third-order valence-electron chi connectivity index (χ3n) is 3.14. The van der Waals surface area contributed by atoms with E-state index < -0.39 is 0 Å². The zero-order chi connectivity index (χ0) is 11.1. The van der Waals surface area contributed by atoms with Gasteiger partial charge in [0.25, 0.3) is 0 Å². The molecule has 0 saturated heterocycles. The smallest absolute Gasteiger partial charge is 0.103 e. The molecule has 16 heavy (non-hydrogen) atoms. The van der Waals surface area contributed by atoms with E-state index in [1.165, 1.54) is 10.9 Å². The van der Waals surface area contributed by atoms with Gasteiger partial charge in [-0.2, -0.15) is 0 Å². The molecule has 1 aromatic heterocycles. The lowest BCUT2D eigenvalue weighted by Crippen LogP contribution is -2.10. The molecule has 0 atom stereocenters. The van der Waals surface area contributed by atoms with Crippen LogP contribution in [0.4, 0.5) is 0 Å². The monoisotopic (exact) mass is 278 g/mol. The number of rotatable bonds is 0. The summed E-state index contributed by atoms with van der Waals surface area (Å²) in [6, 6.07) is 6.15. The second kappa shape index (κ2) is 3.63. The number of fused-ring (bicyclic) bond motifs is 3. The van der Waals surface area contributed by atoms with Gasteiger partial charge in [-0.05, 0) is 46.8 Å². The molecule has 4 heteroatoms. The summed E-state index contributed by atoms with van der Waals surface area (Å²) in [7, 11) is 0. The Morgan fingerprint density at radius 3 is 3.00 bits per heavy atom. The van der Waals surface area contributed by atoms with Crippen LogP contribution in [0.1, 0.15) is 24.1 Å². The van der Waals surface area contributed by atoms with E-state index in [4.69, 9.17) is 5.21 Å². The average Bonchev–Trinajstić information content (AvgIpc) is 2.69. The molecule has 0 spiro atoms. The van der Waals surface area contributed by atoms with Crippen LogP contribution in [-0.4, -0.2) is 15.9 Å². The Hall–Kier alpha value is -1.29. The Kier molecular flexibility index (Phi) is 2.24. The first-order valence-corrected chi connectivity index (χ1v) is 6.11. The molecule has 0 aliphatic heterocycles. The van der Waals surface area contributed by atoms with E-state index in [1.807, 2.05) is 12.1 Å². The maximum atomic E-state index is 8.99. The molecular weight excluding hydrogens is 268 g/mol. The van der Waals surface area contributed by atoms with E-state index in [1.54, 1.807) is 0 Å². The minimum Gasteiger partial charge on any atom is -0.411 e. The van der Waals surface area contributed by atoms with Crippen molar-refractivity contribution in [2.45, 2.75) is 19.3 Å². The Balaban J connectivity index is 2.37. The van der Waals surface area contributed by atoms with Crippen LogP contribution in [0.25, 0.3) is 10.9 Å². The SMILES string of the molecule is ON=C1CCCc2c1[nH]c1c(Br)cccc21. The second-order valence-electron chi connectivity index (χ2n) is 4.04. The molecule has 3 nitrogen and oxygen atoms in total. The number of oxime groups is 1. The quantitative estimate of drug-likeness (QED) is 0.563. The zero-order valence-corrected chi connectivity index (χ0v) is 10.2. The Morgan fingerprint density at radius 2 is 2.19 bits per heavy atom. The molecule has 82 valence electrons. The highest BCUT2D eigenvalue weighted by Crippen LogP contribution is 2.32. The van der Waals surface area contributed by atoms with E-state index in [2.05, 4.69) is 32.1 Å². The molecule has 0 unspecified atom stereocenters. The predicted molar refractivity (Wildman–Crippen MR) is 67.3 cm³/mol. The number of hydrogen-bond acceptors (Lipinski definition) is 2. The van der Waals surface area contributed by atoms with E-state index in [0.29, 0.717) is 0 Å². The van der Waals surface area contributed by atoms with Crippen molar-refractivity contribution in [3.63, 3.8) is 0 Å². The summed E-state index contributed by atoms with van der Waals surface area (Å²) in [6.45, 7) is 0. The lowest BCUT2D eigenvalue weighted by Gasteiger charge is -2.12. The van der Waals surface area contributed by atoms with Gasteiger partial charge in [0.05, 0.1) is 11.2 Å². The van der Waals surface area contributed by atoms with Gasteiger partial charge in [0.1, 0.15) is 5.71 Å². The summed E-state index contributed by atoms with van der Waals surface area (Å²) in [5.74, 6) is 0. The van der Waals surface area contributed by atoms with Crippen LogP contribution in [0.15, 0.2) is 27.8 Å². The molecule has 0 bridgehead atoms. The fourth-order valence-electron chi connectivity index (χ4n) is 2.40. The first-order valence-electron chi connectivity index (χ1n) is 5.31. The van der Waals surface area contributed by atoms with Crippen molar-refractivity contribution in [1.82, 2.24) is 4.98 Å². The van der Waals surface area contributed by atoms with Crippen molar-refractivity contribution in [3.05, 3.63) is 33.9 Å². The van der Waals surface area contributed by atoms with Crippen molar-refractivity contribution < 1.29 is 5.21 Å². The number of hydrogen-bond donors (Lipinski definition) is 2. The number of nitrogens with one attached hydrogen (secondary N) is 1. The molecule has 0 saturated carbocycles. The fourth-order valence-corrected chi connectivity index (χ4v) is 2.87. The van der Waals surface area contributed by atoms with Crippen molar-refractivity contribution in [3.8, 4) is 0 Å². The molecule has 0 amide bonds. The van der Waals surface area contributed by atoms with Gasteiger partial charge >= 0.3 is 0 Å². The normalized spacial score (nSPS) is 17.9. The molecule has 1 heterocycles. The number of aromatic amines is 1. The van der Waals surface area contributed by atoms with Gasteiger partial charge in [-0.15, -0.1) is 0 Å². The van der Waals surface area contributed by atoms with Crippen LogP contribution >= 0.6 is 15.9 Å². The molecule has 2 aromatic rings. The van der Waals surface area contributed by atoms with E-state index >= 15 is 0 Å². The first kappa shape index (κ1) is 9.90. The molecule has 0 fully saturated rings. The highest BCUT2D eigenvalue weighted by Gasteiger charge is 2.21. The standard InChI is InChI=1S/C12H11BrN2O/c13-9-5-1-3-7-8-4-2-6-10(15-16)12(8)14-11(7)9/h1,3,5,14,16H,2,4,6H2. The number of aromatic nitrogens is 1. The molecule has 1 aliphatic rings. The third kappa shape index (κ3) is 1.29. The number of aryl methyl sites for hydroxylation is 1. The van der Waals surface area contributed by atoms with Crippen molar-refractivity contribution in [1.29, 1.82) is 0 Å². The third-order valence-corrected chi connectivity index (χ3v) is 3.80. The number of benzene rings is 1. The average molecular weight is 279 g/mol. The first-order chi connectivity index (χ1) is 7.81. The molecule has 2 N–H and O–H groups in total. The summed E-state index contributed by atoms with van der Waals surface area (Å²) in [6.07, 6.45) is 2.94. The van der Waals surface area contributed by atoms with E-state index in [9.17, 15) is 0 Å². The van der Waals surface area contributed by atoms with Gasteiger partial charge in [-0.1, -0.05) is 17.3 Å². The minimum absolute atomic E-state index is 0.768. The maximum absolute atomic E-state index is 8.99. The number of halogens is 1. The predicted octanol–water partition coefficient (Wildman–Crippen LogP) is 3.45. The summed E-state index contributed by atoms with van der Waals surface area (Å²) in [5.41, 5.74) is 4.13. The molecule has 1 aliphatic carbocycles. The second-order valence-corrected chi connectivity index (χ2v) is 4.90. The summed E-state index contributed by atoms with van der Waals surface area (Å²) < 4.78 is 1.05. The van der Waals surface area contributed by atoms with Gasteiger partial charge in [-0.3, -0.25) is 0 Å².